The van der Waals surface area contributed by atoms with Crippen LogP contribution in [0.1, 0.15) is 0 Å². The van der Waals surface area contributed by atoms with E-state index in [0.29, 0.717) is 5.92 Å². The molecule has 0 spiro atoms. The summed E-state index contributed by atoms with van der Waals surface area (Å²) in [5.41, 5.74) is 0. The molecule has 2 saturated carbocycles. The number of rotatable bonds is 1. The molecule has 0 heterocycles. The van der Waals surface area contributed by atoms with Gasteiger partial charge in [-0.25, -0.2) is 0 Å². The Bertz CT molecular complexity index is 144. The Hall–Kier alpha value is 1.70. The Morgan fingerprint density at radius 2 is 1.20 bits per heavy atom. The third-order valence-electron chi connectivity index (χ3n) is 1.54. The third-order valence-corrected chi connectivity index (χ3v) is 1.54. The van der Waals surface area contributed by atoms with Crippen molar-refractivity contribution in [3.63, 3.8) is 0 Å². The Morgan fingerprint density at radius 1 is 0.867 bits per heavy atom. The van der Waals surface area contributed by atoms with E-state index in [9.17, 15) is 5.11 Å². The first-order chi connectivity index (χ1) is 6.30. The molecule has 2 rings (SSSR count). The first kappa shape index (κ1) is 19.0. The molecule has 2 fully saturated rings. The third kappa shape index (κ3) is 9.40. The summed E-state index contributed by atoms with van der Waals surface area (Å²) in [5, 5.41) is 10.4. The second-order valence-electron chi connectivity index (χ2n) is 2.56. The van der Waals surface area contributed by atoms with Crippen molar-refractivity contribution < 1.29 is 73.6 Å². The van der Waals surface area contributed by atoms with Gasteiger partial charge in [0.05, 0.1) is 0 Å². The predicted molar refractivity (Wildman–Crippen MR) is 51.1 cm³/mol. The maximum Gasteiger partial charge on any atom is 1.00 e. The second kappa shape index (κ2) is 12.2. The van der Waals surface area contributed by atoms with Gasteiger partial charge < -0.3 is 5.11 Å². The summed E-state index contributed by atoms with van der Waals surface area (Å²) < 4.78 is 0. The summed E-state index contributed by atoms with van der Waals surface area (Å²) >= 11 is 0. The van der Waals surface area contributed by atoms with Crippen LogP contribution in [0.2, 0.25) is 0 Å². The van der Waals surface area contributed by atoms with Crippen LogP contribution in [0.3, 0.4) is 0 Å². The van der Waals surface area contributed by atoms with Crippen LogP contribution in [-0.4, -0.2) is 0 Å². The van der Waals surface area contributed by atoms with E-state index in [4.69, 9.17) is 0 Å². The quantitative estimate of drug-likeness (QED) is 0.409. The minimum Gasteiger partial charge on any atom is -0.875 e. The van der Waals surface area contributed by atoms with Crippen LogP contribution < -0.4 is 56.5 Å². The summed E-state index contributed by atoms with van der Waals surface area (Å²) in [6.45, 7) is 3.24. The fraction of sp³-hybridized carbons (Fsp3) is 0. The molecule has 0 aliphatic heterocycles. The predicted octanol–water partition coefficient (Wildman–Crippen LogP) is -1.71. The summed E-state index contributed by atoms with van der Waals surface area (Å²) in [6, 6.07) is 0. The van der Waals surface area contributed by atoms with Gasteiger partial charge in [-0.3, -0.25) is 0 Å². The Labute approximate surface area is 147 Å². The Morgan fingerprint density at radius 3 is 1.40 bits per heavy atom. The van der Waals surface area contributed by atoms with Crippen molar-refractivity contribution in [2.45, 2.75) is 0 Å². The number of hydrogen-bond acceptors (Lipinski definition) is 1. The van der Waals surface area contributed by atoms with Crippen molar-refractivity contribution in [1.82, 2.24) is 0 Å². The standard InChI is InChI=1S/C7H7O.C5H5.Fe.K/c1-6(8)7-4-2-3-5-7;1-2-4-5-3-1;;/h2-5,8H,1H2;1-5H;;/q;;;+1/p-1. The van der Waals surface area contributed by atoms with Crippen LogP contribution in [0.25, 0.3) is 0 Å². The average molecular weight is 266 g/mol. The zero-order valence-electron chi connectivity index (χ0n) is 8.67. The molecule has 10 radical (unpaired) electrons. The summed E-state index contributed by atoms with van der Waals surface area (Å²) in [5.74, 6) is 0.569. The van der Waals surface area contributed by atoms with Gasteiger partial charge in [0.25, 0.3) is 0 Å². The molecule has 0 aromatic carbocycles. The molecule has 1 nitrogen and oxygen atoms in total. The fourth-order valence-electron chi connectivity index (χ4n) is 0.881. The molecule has 2 aliphatic carbocycles. The van der Waals surface area contributed by atoms with E-state index in [1.165, 1.54) is 0 Å². The molecule has 0 saturated heterocycles. The summed E-state index contributed by atoms with van der Waals surface area (Å²) in [7, 11) is 0. The fourth-order valence-corrected chi connectivity index (χ4v) is 0.881. The number of allylic oxidation sites excluding steroid dienone is 1. The van der Waals surface area contributed by atoms with Gasteiger partial charge >= 0.3 is 51.4 Å². The summed E-state index contributed by atoms with van der Waals surface area (Å²) in [4.78, 5) is 0. The molecule has 0 unspecified atom stereocenters. The van der Waals surface area contributed by atoms with Crippen LogP contribution in [0, 0.1) is 63.7 Å². The van der Waals surface area contributed by atoms with Gasteiger partial charge in [0.15, 0.2) is 0 Å². The van der Waals surface area contributed by atoms with Crippen LogP contribution in [-0.2, 0) is 17.1 Å². The molecule has 2 aliphatic rings. The zero-order chi connectivity index (χ0) is 9.52. The number of hydrogen-bond donors (Lipinski definition) is 0. The zero-order valence-corrected chi connectivity index (χ0v) is 12.9. The first-order valence-corrected chi connectivity index (χ1v) is 4.05. The van der Waals surface area contributed by atoms with E-state index in [0.717, 1.165) is 0 Å². The molecular weight excluding hydrogens is 255 g/mol. The molecular formula is C12H11FeKO. The van der Waals surface area contributed by atoms with E-state index in [1.807, 2.05) is 44.9 Å². The Kier molecular flexibility index (Phi) is 15.4. The van der Waals surface area contributed by atoms with Crippen molar-refractivity contribution in [2.75, 3.05) is 0 Å². The smallest absolute Gasteiger partial charge is 0.875 e. The second-order valence-corrected chi connectivity index (χ2v) is 2.56. The van der Waals surface area contributed by atoms with Gasteiger partial charge in [0.2, 0.25) is 0 Å². The van der Waals surface area contributed by atoms with Crippen LogP contribution in [0.5, 0.6) is 0 Å². The Balaban J connectivity index is 0. The molecule has 15 heavy (non-hydrogen) atoms. The molecule has 74 valence electrons. The van der Waals surface area contributed by atoms with Gasteiger partial charge in [-0.1, -0.05) is 0 Å². The van der Waals surface area contributed by atoms with Crippen LogP contribution in [0.4, 0.5) is 0 Å². The van der Waals surface area contributed by atoms with Gasteiger partial charge in [-0.05, 0) is 63.7 Å². The van der Waals surface area contributed by atoms with E-state index in [2.05, 4.69) is 6.58 Å². The van der Waals surface area contributed by atoms with E-state index >= 15 is 0 Å². The van der Waals surface area contributed by atoms with Crippen molar-refractivity contribution in [1.29, 1.82) is 0 Å². The van der Waals surface area contributed by atoms with Gasteiger partial charge in [-0.15, -0.1) is 12.3 Å². The molecule has 0 aromatic rings. The van der Waals surface area contributed by atoms with Crippen LogP contribution in [0.15, 0.2) is 12.3 Å². The maximum atomic E-state index is 10.4. The van der Waals surface area contributed by atoms with Crippen molar-refractivity contribution in [3.8, 4) is 0 Å². The van der Waals surface area contributed by atoms with Crippen molar-refractivity contribution in [2.24, 2.45) is 0 Å². The monoisotopic (exact) mass is 266 g/mol. The molecule has 0 bridgehead atoms. The van der Waals surface area contributed by atoms with E-state index in [-0.39, 0.29) is 74.2 Å². The van der Waals surface area contributed by atoms with Gasteiger partial charge in [0, 0.05) is 17.1 Å². The molecule has 0 amide bonds. The minimum absolute atomic E-state index is 0. The normalized spacial score (nSPS) is 19.5. The molecule has 0 atom stereocenters. The first-order valence-electron chi connectivity index (χ1n) is 4.05. The van der Waals surface area contributed by atoms with Crippen LogP contribution >= 0.6 is 0 Å². The molecule has 3 heteroatoms. The van der Waals surface area contributed by atoms with Crippen molar-refractivity contribution >= 4 is 0 Å². The van der Waals surface area contributed by atoms with Gasteiger partial charge in [-0.2, -0.15) is 0 Å². The van der Waals surface area contributed by atoms with E-state index in [1.54, 1.807) is 12.8 Å². The van der Waals surface area contributed by atoms with Crippen molar-refractivity contribution in [3.05, 3.63) is 76.0 Å². The maximum absolute atomic E-state index is 10.4. The topological polar surface area (TPSA) is 23.1 Å². The molecule has 0 N–H and O–H groups in total. The minimum atomic E-state index is -0.116. The summed E-state index contributed by atoms with van der Waals surface area (Å²) in [6.07, 6.45) is 17.1. The average Bonchev–Trinajstić information content (AvgIpc) is 2.82. The molecule has 0 aromatic heterocycles. The largest absolute Gasteiger partial charge is 1.00 e. The van der Waals surface area contributed by atoms with E-state index < -0.39 is 0 Å². The SMILES string of the molecule is C=C([O-])[C]1[CH][CH][CH][CH]1.[CH]1[CH][CH][CH][CH]1.[Fe].[K+]. The van der Waals surface area contributed by atoms with Gasteiger partial charge in [0.1, 0.15) is 0 Å².